The van der Waals surface area contributed by atoms with Gasteiger partial charge in [0.2, 0.25) is 0 Å². The van der Waals surface area contributed by atoms with E-state index in [9.17, 15) is 0 Å². The van der Waals surface area contributed by atoms with Crippen molar-refractivity contribution < 1.29 is 0 Å². The van der Waals surface area contributed by atoms with Gasteiger partial charge in [-0.1, -0.05) is 52.7 Å². The molecule has 1 heteroatoms. The van der Waals surface area contributed by atoms with Gasteiger partial charge in [-0.15, -0.1) is 0 Å². The zero-order chi connectivity index (χ0) is 14.1. The van der Waals surface area contributed by atoms with Crippen molar-refractivity contribution in [1.82, 2.24) is 0 Å². The molecule has 1 saturated carbocycles. The van der Waals surface area contributed by atoms with Crippen LogP contribution in [-0.2, 0) is 5.41 Å². The predicted octanol–water partition coefficient (Wildman–Crippen LogP) is 5.36. The van der Waals surface area contributed by atoms with Crippen LogP contribution >= 0.6 is 0 Å². The van der Waals surface area contributed by atoms with Crippen molar-refractivity contribution >= 4 is 5.69 Å². The molecule has 106 valence electrons. The zero-order valence-electron chi connectivity index (χ0n) is 13.2. The molecule has 1 N–H and O–H groups in total. The minimum absolute atomic E-state index is 0.237. The van der Waals surface area contributed by atoms with Crippen molar-refractivity contribution in [2.45, 2.75) is 71.3 Å². The van der Waals surface area contributed by atoms with E-state index in [0.29, 0.717) is 0 Å². The van der Waals surface area contributed by atoms with E-state index < -0.39 is 0 Å². The first-order chi connectivity index (χ1) is 8.81. The van der Waals surface area contributed by atoms with Crippen molar-refractivity contribution in [2.24, 2.45) is 5.92 Å². The number of hydrogen-bond acceptors (Lipinski definition) is 1. The molecule has 0 radical (unpaired) electrons. The highest BCUT2D eigenvalue weighted by Gasteiger charge is 2.33. The van der Waals surface area contributed by atoms with E-state index in [0.717, 1.165) is 5.92 Å². The monoisotopic (exact) mass is 259 g/mol. The van der Waals surface area contributed by atoms with Gasteiger partial charge in [0.05, 0.1) is 0 Å². The fraction of sp³-hybridized carbons (Fsp3) is 0.667. The van der Waals surface area contributed by atoms with Crippen LogP contribution in [0.2, 0.25) is 0 Å². The van der Waals surface area contributed by atoms with Crippen LogP contribution in [0.5, 0.6) is 0 Å². The molecule has 2 unspecified atom stereocenters. The van der Waals surface area contributed by atoms with Gasteiger partial charge in [0.1, 0.15) is 0 Å². The van der Waals surface area contributed by atoms with Crippen LogP contribution in [0.15, 0.2) is 24.3 Å². The van der Waals surface area contributed by atoms with E-state index in [-0.39, 0.29) is 11.0 Å². The molecule has 19 heavy (non-hydrogen) atoms. The van der Waals surface area contributed by atoms with Crippen LogP contribution in [0.3, 0.4) is 0 Å². The summed E-state index contributed by atoms with van der Waals surface area (Å²) in [6.07, 6.45) is 5.38. The molecule has 1 aliphatic carbocycles. The quantitative estimate of drug-likeness (QED) is 0.753. The number of benzene rings is 1. The van der Waals surface area contributed by atoms with Gasteiger partial charge in [0.25, 0.3) is 0 Å². The third kappa shape index (κ3) is 3.32. The molecule has 0 aromatic heterocycles. The molecular formula is C18H29N. The minimum Gasteiger partial charge on any atom is -0.380 e. The minimum atomic E-state index is 0.237. The molecular weight excluding hydrogens is 230 g/mol. The molecule has 0 spiro atoms. The summed E-state index contributed by atoms with van der Waals surface area (Å²) in [5, 5.41) is 3.79. The Balaban J connectivity index is 2.11. The lowest BCUT2D eigenvalue weighted by Crippen LogP contribution is -2.43. The Bertz CT molecular complexity index is 412. The summed E-state index contributed by atoms with van der Waals surface area (Å²) in [7, 11) is 0. The van der Waals surface area contributed by atoms with Crippen LogP contribution in [0, 0.1) is 5.92 Å². The number of nitrogens with one attached hydrogen (secondary N) is 1. The van der Waals surface area contributed by atoms with E-state index in [1.807, 2.05) is 0 Å². The standard InChI is InChI=1S/C18H29N/c1-14-8-6-7-13-18(14,5)19-16-11-9-15(10-12-16)17(2,3)4/h9-12,14,19H,6-8,13H2,1-5H3. The maximum atomic E-state index is 3.79. The van der Waals surface area contributed by atoms with Crippen molar-refractivity contribution in [1.29, 1.82) is 0 Å². The summed E-state index contributed by atoms with van der Waals surface area (Å²) < 4.78 is 0. The van der Waals surface area contributed by atoms with Crippen molar-refractivity contribution in [3.05, 3.63) is 29.8 Å². The Hall–Kier alpha value is -0.980. The third-order valence-electron chi connectivity index (χ3n) is 4.85. The Morgan fingerprint density at radius 1 is 1.11 bits per heavy atom. The zero-order valence-corrected chi connectivity index (χ0v) is 13.2. The molecule has 1 nitrogen and oxygen atoms in total. The normalized spacial score (nSPS) is 28.2. The first-order valence-corrected chi connectivity index (χ1v) is 7.70. The van der Waals surface area contributed by atoms with Gasteiger partial charge in [-0.25, -0.2) is 0 Å². The third-order valence-corrected chi connectivity index (χ3v) is 4.85. The van der Waals surface area contributed by atoms with Crippen molar-refractivity contribution in [3.63, 3.8) is 0 Å². The van der Waals surface area contributed by atoms with Crippen LogP contribution in [0.25, 0.3) is 0 Å². The molecule has 1 aromatic carbocycles. The van der Waals surface area contributed by atoms with Gasteiger partial charge < -0.3 is 5.32 Å². The molecule has 1 aliphatic rings. The molecule has 2 atom stereocenters. The predicted molar refractivity (Wildman–Crippen MR) is 84.8 cm³/mol. The van der Waals surface area contributed by atoms with E-state index in [1.165, 1.54) is 36.9 Å². The molecule has 0 bridgehead atoms. The molecule has 2 rings (SSSR count). The van der Waals surface area contributed by atoms with Gasteiger partial charge in [-0.3, -0.25) is 0 Å². The fourth-order valence-electron chi connectivity index (χ4n) is 3.08. The van der Waals surface area contributed by atoms with E-state index >= 15 is 0 Å². The van der Waals surface area contributed by atoms with Gasteiger partial charge in [-0.05, 0) is 48.8 Å². The number of hydrogen-bond donors (Lipinski definition) is 1. The lowest BCUT2D eigenvalue weighted by molar-refractivity contribution is 0.249. The van der Waals surface area contributed by atoms with E-state index in [2.05, 4.69) is 64.2 Å². The fourth-order valence-corrected chi connectivity index (χ4v) is 3.08. The van der Waals surface area contributed by atoms with E-state index in [4.69, 9.17) is 0 Å². The second-order valence-electron chi connectivity index (χ2n) is 7.52. The summed E-state index contributed by atoms with van der Waals surface area (Å²) in [6, 6.07) is 9.01. The maximum absolute atomic E-state index is 3.79. The maximum Gasteiger partial charge on any atom is 0.0371 e. The topological polar surface area (TPSA) is 12.0 Å². The molecule has 0 aliphatic heterocycles. The molecule has 0 heterocycles. The average molecular weight is 259 g/mol. The second kappa shape index (κ2) is 5.19. The van der Waals surface area contributed by atoms with Crippen LogP contribution in [-0.4, -0.2) is 5.54 Å². The number of rotatable bonds is 2. The highest BCUT2D eigenvalue weighted by atomic mass is 15.0. The Morgan fingerprint density at radius 3 is 2.26 bits per heavy atom. The SMILES string of the molecule is CC1CCCCC1(C)Nc1ccc(C(C)(C)C)cc1. The molecule has 0 saturated heterocycles. The lowest BCUT2D eigenvalue weighted by Gasteiger charge is -2.41. The Kier molecular flexibility index (Phi) is 3.94. The largest absolute Gasteiger partial charge is 0.380 e. The number of anilines is 1. The van der Waals surface area contributed by atoms with Gasteiger partial charge >= 0.3 is 0 Å². The average Bonchev–Trinajstić information content (AvgIpc) is 2.33. The Labute approximate surface area is 118 Å². The first-order valence-electron chi connectivity index (χ1n) is 7.70. The van der Waals surface area contributed by atoms with Crippen LogP contribution < -0.4 is 5.32 Å². The summed E-state index contributed by atoms with van der Waals surface area (Å²) in [4.78, 5) is 0. The smallest absolute Gasteiger partial charge is 0.0371 e. The Morgan fingerprint density at radius 2 is 1.74 bits per heavy atom. The highest BCUT2D eigenvalue weighted by molar-refractivity contribution is 5.48. The summed E-state index contributed by atoms with van der Waals surface area (Å²) in [5.74, 6) is 0.753. The van der Waals surface area contributed by atoms with Crippen molar-refractivity contribution in [3.8, 4) is 0 Å². The summed E-state index contributed by atoms with van der Waals surface area (Å²) in [6.45, 7) is 11.6. The second-order valence-corrected chi connectivity index (χ2v) is 7.52. The molecule has 1 aromatic rings. The van der Waals surface area contributed by atoms with Crippen LogP contribution in [0.1, 0.15) is 65.9 Å². The van der Waals surface area contributed by atoms with E-state index in [1.54, 1.807) is 0 Å². The lowest BCUT2D eigenvalue weighted by atomic mass is 9.75. The highest BCUT2D eigenvalue weighted by Crippen LogP contribution is 2.36. The van der Waals surface area contributed by atoms with Gasteiger partial charge in [0.15, 0.2) is 0 Å². The molecule has 0 amide bonds. The van der Waals surface area contributed by atoms with Gasteiger partial charge in [-0.2, -0.15) is 0 Å². The summed E-state index contributed by atoms with van der Waals surface area (Å²) in [5.41, 5.74) is 3.17. The summed E-state index contributed by atoms with van der Waals surface area (Å²) >= 11 is 0. The van der Waals surface area contributed by atoms with Crippen molar-refractivity contribution in [2.75, 3.05) is 5.32 Å². The van der Waals surface area contributed by atoms with Crippen LogP contribution in [0.4, 0.5) is 5.69 Å². The first kappa shape index (κ1) is 14.4. The van der Waals surface area contributed by atoms with Gasteiger partial charge in [0, 0.05) is 11.2 Å². The molecule has 1 fully saturated rings.